The monoisotopic (exact) mass is 756 g/mol. The summed E-state index contributed by atoms with van der Waals surface area (Å²) in [5, 5.41) is 46.0. The molecule has 1 aromatic carbocycles. The van der Waals surface area contributed by atoms with Crippen LogP contribution in [0.4, 0.5) is 0 Å². The molecular weight excluding hydrogens is 699 g/mol. The molecule has 6 atom stereocenters. The molecule has 0 bridgehead atoms. The molecular formula is C35H57BN10O8. The fourth-order valence-corrected chi connectivity index (χ4v) is 6.51. The molecule has 0 spiro atoms. The fourth-order valence-electron chi connectivity index (χ4n) is 6.51. The normalized spacial score (nSPS) is 18.8. The van der Waals surface area contributed by atoms with Crippen molar-refractivity contribution in [2.45, 2.75) is 108 Å². The SMILES string of the molecule is CC(C)C[C@H](NC(=O)[C@H](Cc1ccccc1)NC(=O)[C@H](CCCNC(=N)N)NC(=O)[C@H](C)NC(=O)CNC(=O)[C@@H]1CCCN1C(=O)[C@@H]1CCCN1)B(O)O. The fraction of sp³-hybridized carbons (Fsp3) is 0.629. The summed E-state index contributed by atoms with van der Waals surface area (Å²) in [4.78, 5) is 80.8. The Labute approximate surface area is 316 Å². The Kier molecular flexibility index (Phi) is 17.7. The highest BCUT2D eigenvalue weighted by atomic mass is 16.4. The van der Waals surface area contributed by atoms with Gasteiger partial charge in [0.25, 0.3) is 0 Å². The Bertz CT molecular complexity index is 1450. The van der Waals surface area contributed by atoms with Crippen LogP contribution in [-0.4, -0.2) is 126 Å². The van der Waals surface area contributed by atoms with Gasteiger partial charge in [-0.25, -0.2) is 0 Å². The molecule has 0 aromatic heterocycles. The highest BCUT2D eigenvalue weighted by Crippen LogP contribution is 2.21. The summed E-state index contributed by atoms with van der Waals surface area (Å²) in [5.74, 6) is -4.57. The first-order valence-corrected chi connectivity index (χ1v) is 18.7. The summed E-state index contributed by atoms with van der Waals surface area (Å²) >= 11 is 0. The van der Waals surface area contributed by atoms with E-state index in [2.05, 4.69) is 37.2 Å². The predicted octanol–water partition coefficient (Wildman–Crippen LogP) is -2.63. The van der Waals surface area contributed by atoms with E-state index in [0.29, 0.717) is 25.8 Å². The molecule has 298 valence electrons. The quantitative estimate of drug-likeness (QED) is 0.0283. The molecule has 0 unspecified atom stereocenters. The van der Waals surface area contributed by atoms with Crippen LogP contribution in [0.25, 0.3) is 0 Å². The number of guanidine groups is 1. The summed E-state index contributed by atoms with van der Waals surface area (Å²) in [7, 11) is -1.84. The number of carbonyl (C=O) groups excluding carboxylic acids is 6. The molecule has 0 radical (unpaired) electrons. The lowest BCUT2D eigenvalue weighted by Crippen LogP contribution is -2.59. The van der Waals surface area contributed by atoms with Gasteiger partial charge in [0.15, 0.2) is 5.96 Å². The second-order valence-electron chi connectivity index (χ2n) is 14.3. The molecule has 6 amide bonds. The number of benzene rings is 1. The largest absolute Gasteiger partial charge is 0.475 e. The number of hydrogen-bond donors (Lipinski definition) is 11. The van der Waals surface area contributed by atoms with Crippen LogP contribution in [0.1, 0.15) is 71.3 Å². The van der Waals surface area contributed by atoms with Gasteiger partial charge >= 0.3 is 7.12 Å². The lowest BCUT2D eigenvalue weighted by molar-refractivity contribution is -0.140. The van der Waals surface area contributed by atoms with Crippen molar-refractivity contribution in [3.05, 3.63) is 35.9 Å². The zero-order chi connectivity index (χ0) is 39.8. The van der Waals surface area contributed by atoms with E-state index in [1.807, 2.05) is 13.8 Å². The lowest BCUT2D eigenvalue weighted by atomic mass is 9.75. The van der Waals surface area contributed by atoms with E-state index < -0.39 is 73.3 Å². The van der Waals surface area contributed by atoms with E-state index >= 15 is 0 Å². The summed E-state index contributed by atoms with van der Waals surface area (Å²) in [6, 6.07) is 4.41. The molecule has 2 heterocycles. The van der Waals surface area contributed by atoms with Crippen LogP contribution in [0.5, 0.6) is 0 Å². The molecule has 19 heteroatoms. The molecule has 2 aliphatic heterocycles. The molecule has 3 rings (SSSR count). The molecule has 12 N–H and O–H groups in total. The van der Waals surface area contributed by atoms with Crippen LogP contribution in [0.2, 0.25) is 0 Å². The maximum Gasteiger partial charge on any atom is 0.475 e. The average molecular weight is 757 g/mol. The number of likely N-dealkylation sites (tertiary alicyclic amines) is 1. The summed E-state index contributed by atoms with van der Waals surface area (Å²) in [5.41, 5.74) is 6.10. The van der Waals surface area contributed by atoms with Gasteiger partial charge in [-0.15, -0.1) is 0 Å². The molecule has 54 heavy (non-hydrogen) atoms. The highest BCUT2D eigenvalue weighted by molar-refractivity contribution is 6.43. The molecule has 2 fully saturated rings. The van der Waals surface area contributed by atoms with E-state index in [-0.39, 0.29) is 56.1 Å². The second-order valence-corrected chi connectivity index (χ2v) is 14.3. The third-order valence-electron chi connectivity index (χ3n) is 9.34. The van der Waals surface area contributed by atoms with Gasteiger partial charge in [-0.2, -0.15) is 0 Å². The van der Waals surface area contributed by atoms with Gasteiger partial charge in [0.05, 0.1) is 18.5 Å². The number of amides is 6. The first-order chi connectivity index (χ1) is 25.7. The van der Waals surface area contributed by atoms with E-state index in [1.165, 1.54) is 6.92 Å². The summed E-state index contributed by atoms with van der Waals surface area (Å²) in [6.45, 7) is 6.11. The van der Waals surface area contributed by atoms with E-state index in [1.54, 1.807) is 35.2 Å². The van der Waals surface area contributed by atoms with Crippen molar-refractivity contribution in [1.29, 1.82) is 5.41 Å². The van der Waals surface area contributed by atoms with Crippen molar-refractivity contribution in [2.75, 3.05) is 26.2 Å². The lowest BCUT2D eigenvalue weighted by Gasteiger charge is -2.27. The third kappa shape index (κ3) is 14.2. The Morgan fingerprint density at radius 1 is 0.926 bits per heavy atom. The van der Waals surface area contributed by atoms with Gasteiger partial charge in [-0.1, -0.05) is 44.2 Å². The molecule has 2 saturated heterocycles. The Morgan fingerprint density at radius 2 is 1.61 bits per heavy atom. The van der Waals surface area contributed by atoms with E-state index in [9.17, 15) is 38.8 Å². The first kappa shape index (κ1) is 43.7. The summed E-state index contributed by atoms with van der Waals surface area (Å²) < 4.78 is 0. The van der Waals surface area contributed by atoms with Crippen LogP contribution in [0.15, 0.2) is 30.3 Å². The van der Waals surface area contributed by atoms with Crippen molar-refractivity contribution in [1.82, 2.24) is 42.1 Å². The van der Waals surface area contributed by atoms with Crippen LogP contribution >= 0.6 is 0 Å². The van der Waals surface area contributed by atoms with Crippen LogP contribution in [0, 0.1) is 11.3 Å². The maximum atomic E-state index is 13.8. The van der Waals surface area contributed by atoms with Crippen molar-refractivity contribution < 1.29 is 38.8 Å². The second kappa shape index (κ2) is 21.8. The topological polar surface area (TPSA) is 280 Å². The van der Waals surface area contributed by atoms with Gasteiger partial charge in [0, 0.05) is 19.5 Å². The first-order valence-electron chi connectivity index (χ1n) is 18.7. The number of hydrogen-bond acceptors (Lipinski definition) is 10. The summed E-state index contributed by atoms with van der Waals surface area (Å²) in [6.07, 6.45) is 3.41. The Hall–Kier alpha value is -4.75. The standard InChI is InChI=1S/C35H57BN10O8/c1-21(2)18-28(36(53)54)45-32(50)26(19-23-10-5-4-6-11-23)44-31(49)24(12-7-16-40-35(37)38)43-30(48)22(3)42-29(47)20-41-33(51)27-14-9-17-46(27)34(52)25-13-8-15-39-25/h4-6,10-11,21-22,24-28,39,53-54H,7-9,12-20H2,1-3H3,(H,41,51)(H,42,47)(H,43,48)(H,44,49)(H,45,50)(H4,37,38,40)/t22-,24-,25-,26-,27-,28-/m0/s1. The highest BCUT2D eigenvalue weighted by Gasteiger charge is 2.38. The number of carbonyl (C=O) groups is 6. The minimum atomic E-state index is -1.84. The minimum absolute atomic E-state index is 0.0218. The van der Waals surface area contributed by atoms with Gasteiger partial charge in [-0.05, 0) is 69.9 Å². The average Bonchev–Trinajstić information content (AvgIpc) is 3.85. The zero-order valence-corrected chi connectivity index (χ0v) is 31.4. The van der Waals surface area contributed by atoms with Crippen LogP contribution in [0.3, 0.4) is 0 Å². The Morgan fingerprint density at radius 3 is 2.24 bits per heavy atom. The Balaban J connectivity index is 1.64. The van der Waals surface area contributed by atoms with Gasteiger partial charge in [0.2, 0.25) is 35.4 Å². The number of rotatable bonds is 20. The van der Waals surface area contributed by atoms with Gasteiger partial charge in [-0.3, -0.25) is 34.2 Å². The molecule has 2 aliphatic rings. The van der Waals surface area contributed by atoms with E-state index in [0.717, 1.165) is 18.5 Å². The predicted molar refractivity (Wildman–Crippen MR) is 201 cm³/mol. The zero-order valence-electron chi connectivity index (χ0n) is 31.4. The molecule has 18 nitrogen and oxygen atoms in total. The number of nitrogens with zero attached hydrogens (tertiary/aromatic N) is 1. The van der Waals surface area contributed by atoms with Gasteiger partial charge in [0.1, 0.15) is 24.2 Å². The van der Waals surface area contributed by atoms with Crippen molar-refractivity contribution >= 4 is 48.5 Å². The van der Waals surface area contributed by atoms with E-state index in [4.69, 9.17) is 11.1 Å². The van der Waals surface area contributed by atoms with Crippen LogP contribution in [-0.2, 0) is 35.2 Å². The number of nitrogens with two attached hydrogens (primary N) is 1. The van der Waals surface area contributed by atoms with Crippen molar-refractivity contribution in [2.24, 2.45) is 11.7 Å². The molecule has 0 saturated carbocycles. The van der Waals surface area contributed by atoms with Crippen LogP contribution < -0.4 is 43.0 Å². The smallest absolute Gasteiger partial charge is 0.426 e. The van der Waals surface area contributed by atoms with Gasteiger partial charge < -0.3 is 57.9 Å². The van der Waals surface area contributed by atoms with Crippen molar-refractivity contribution in [3.63, 3.8) is 0 Å². The van der Waals surface area contributed by atoms with Crippen molar-refractivity contribution in [3.8, 4) is 0 Å². The molecule has 1 aromatic rings. The molecule has 0 aliphatic carbocycles. The number of nitrogens with one attached hydrogen (secondary N) is 8. The maximum absolute atomic E-state index is 13.8. The minimum Gasteiger partial charge on any atom is -0.426 e. The third-order valence-corrected chi connectivity index (χ3v) is 9.34.